The quantitative estimate of drug-likeness (QED) is 0.697. The van der Waals surface area contributed by atoms with Gasteiger partial charge < -0.3 is 10.2 Å². The second kappa shape index (κ2) is 2.95. The van der Waals surface area contributed by atoms with Crippen molar-refractivity contribution in [1.29, 1.82) is 0 Å². The first-order chi connectivity index (χ1) is 7.62. The maximum Gasteiger partial charge on any atom is 0.340 e. The van der Waals surface area contributed by atoms with Gasteiger partial charge in [0.1, 0.15) is 0 Å². The molecule has 0 aliphatic carbocycles. The molecule has 1 aromatic rings. The Balaban J connectivity index is 3.72. The number of hydrogen-bond donors (Lipinski definition) is 2. The third kappa shape index (κ3) is 1.46. The summed E-state index contributed by atoms with van der Waals surface area (Å²) in [5, 5.41) is 18.5. The molecule has 1 atom stereocenters. The van der Waals surface area contributed by atoms with Gasteiger partial charge in [0.2, 0.25) is 0 Å². The minimum Gasteiger partial charge on any atom is -0.479 e. The fourth-order valence-electron chi connectivity index (χ4n) is 0.600. The summed E-state index contributed by atoms with van der Waals surface area (Å²) >= 11 is 0. The van der Waals surface area contributed by atoms with Crippen molar-refractivity contribution in [3.8, 4) is 0 Å². The van der Waals surface area contributed by atoms with Crippen LogP contribution in [0.1, 0.15) is 19.3 Å². The molecule has 0 aromatic heterocycles. The molecule has 0 aliphatic heterocycles. The predicted octanol–water partition coefficient (Wildman–Crippen LogP) is 0.979. The lowest BCUT2D eigenvalue weighted by Gasteiger charge is -2.17. The summed E-state index contributed by atoms with van der Waals surface area (Å²) in [6.45, 7) is 0.864. The number of aliphatic hydroxyl groups is 1. The van der Waals surface area contributed by atoms with E-state index in [1.165, 1.54) is 0 Å². The van der Waals surface area contributed by atoms with Gasteiger partial charge in [-0.2, -0.15) is 0 Å². The van der Waals surface area contributed by atoms with Crippen molar-refractivity contribution in [3.05, 3.63) is 35.8 Å². The summed E-state index contributed by atoms with van der Waals surface area (Å²) in [5.74, 6) is -1.68. The zero-order valence-electron chi connectivity index (χ0n) is 11.3. The zero-order valence-corrected chi connectivity index (χ0v) is 6.30. The largest absolute Gasteiger partial charge is 0.479 e. The van der Waals surface area contributed by atoms with Crippen molar-refractivity contribution in [1.82, 2.24) is 0 Å². The summed E-state index contributed by atoms with van der Waals surface area (Å²) in [6.07, 6.45) is 0. The molecule has 64 valence electrons. The van der Waals surface area contributed by atoms with Crippen molar-refractivity contribution in [2.24, 2.45) is 0 Å². The Bertz CT molecular complexity index is 469. The normalized spacial score (nSPS) is 21.0. The second-order valence-electron chi connectivity index (χ2n) is 2.38. The monoisotopic (exact) mass is 171 g/mol. The van der Waals surface area contributed by atoms with Crippen LogP contribution in [0.4, 0.5) is 0 Å². The van der Waals surface area contributed by atoms with E-state index in [1.807, 2.05) is 0 Å². The van der Waals surface area contributed by atoms with Gasteiger partial charge in [-0.15, -0.1) is 0 Å². The van der Waals surface area contributed by atoms with Crippen LogP contribution in [0.5, 0.6) is 0 Å². The highest BCUT2D eigenvalue weighted by atomic mass is 16.4. The van der Waals surface area contributed by atoms with E-state index < -0.39 is 47.3 Å². The van der Waals surface area contributed by atoms with Gasteiger partial charge in [0.15, 0.2) is 5.60 Å². The molecule has 0 saturated heterocycles. The lowest BCUT2D eigenvalue weighted by atomic mass is 9.97. The van der Waals surface area contributed by atoms with Crippen molar-refractivity contribution < 1.29 is 21.9 Å². The van der Waals surface area contributed by atoms with Gasteiger partial charge in [-0.3, -0.25) is 0 Å². The van der Waals surface area contributed by atoms with Crippen LogP contribution in [0, 0.1) is 0 Å². The molecule has 0 spiro atoms. The van der Waals surface area contributed by atoms with E-state index in [2.05, 4.69) is 0 Å². The summed E-state index contributed by atoms with van der Waals surface area (Å²) < 4.78 is 37.0. The molecule has 1 rings (SSSR count). The van der Waals surface area contributed by atoms with Gasteiger partial charge in [0, 0.05) is 0 Å². The molecule has 0 aliphatic rings. The summed E-state index contributed by atoms with van der Waals surface area (Å²) in [7, 11) is 0. The van der Waals surface area contributed by atoms with E-state index >= 15 is 0 Å². The summed E-state index contributed by atoms with van der Waals surface area (Å²) in [4.78, 5) is 10.8. The van der Waals surface area contributed by atoms with Gasteiger partial charge in [0.25, 0.3) is 0 Å². The average molecular weight is 171 g/mol. The highest BCUT2D eigenvalue weighted by Crippen LogP contribution is 2.19. The van der Waals surface area contributed by atoms with Crippen LogP contribution in [0.3, 0.4) is 0 Å². The maximum atomic E-state index is 10.8. The number of carbonyl (C=O) groups is 1. The number of benzene rings is 1. The first-order valence-corrected chi connectivity index (χ1v) is 3.15. The Kier molecular flexibility index (Phi) is 0.995. The number of hydrogen-bond acceptors (Lipinski definition) is 2. The molecule has 0 fully saturated rings. The van der Waals surface area contributed by atoms with E-state index in [0.717, 1.165) is 6.92 Å². The van der Waals surface area contributed by atoms with Crippen LogP contribution in [0.2, 0.25) is 0 Å². The van der Waals surface area contributed by atoms with E-state index in [4.69, 9.17) is 12.0 Å². The summed E-state index contributed by atoms with van der Waals surface area (Å²) in [6, 6.07) is -3.43. The first-order valence-electron chi connectivity index (χ1n) is 5.65. The fourth-order valence-corrected chi connectivity index (χ4v) is 0.600. The van der Waals surface area contributed by atoms with Gasteiger partial charge in [-0.1, -0.05) is 30.2 Å². The third-order valence-corrected chi connectivity index (χ3v) is 1.40. The number of aliphatic carboxylic acids is 1. The van der Waals surface area contributed by atoms with Gasteiger partial charge >= 0.3 is 5.97 Å². The lowest BCUT2D eigenvalue weighted by molar-refractivity contribution is -0.157. The average Bonchev–Trinajstić information content (AvgIpc) is 2.23. The van der Waals surface area contributed by atoms with Gasteiger partial charge in [-0.25, -0.2) is 4.79 Å². The minimum absolute atomic E-state index is 0.634. The van der Waals surface area contributed by atoms with Crippen LogP contribution >= 0.6 is 0 Å². The minimum atomic E-state index is -2.53. The highest BCUT2D eigenvalue weighted by Gasteiger charge is 2.31. The molecule has 3 nitrogen and oxygen atoms in total. The molecule has 0 bridgehead atoms. The van der Waals surface area contributed by atoms with Crippen molar-refractivity contribution >= 4 is 5.97 Å². The van der Waals surface area contributed by atoms with Gasteiger partial charge in [0.05, 0.1) is 6.85 Å². The van der Waals surface area contributed by atoms with E-state index in [9.17, 15) is 9.90 Å². The van der Waals surface area contributed by atoms with E-state index in [1.54, 1.807) is 0 Å². The Morgan fingerprint density at radius 2 is 2.00 bits per heavy atom. The molecule has 0 heterocycles. The molecular weight excluding hydrogens is 156 g/mol. The molecule has 0 unspecified atom stereocenters. The molecule has 1 aromatic carbocycles. The van der Waals surface area contributed by atoms with Crippen LogP contribution in [0.25, 0.3) is 0 Å². The Hall–Kier alpha value is -1.35. The molecule has 0 radical (unpaired) electrons. The molecule has 12 heavy (non-hydrogen) atoms. The molecule has 0 amide bonds. The number of carboxylic acid groups (broad SMARTS) is 1. The van der Waals surface area contributed by atoms with Crippen LogP contribution in [0.15, 0.2) is 30.2 Å². The zero-order chi connectivity index (χ0) is 13.5. The van der Waals surface area contributed by atoms with Crippen LogP contribution < -0.4 is 0 Å². The lowest BCUT2D eigenvalue weighted by Crippen LogP contribution is -2.31. The molecule has 3 heteroatoms. The Morgan fingerprint density at radius 1 is 1.50 bits per heavy atom. The SMILES string of the molecule is [2H]c1c([2H])c([2H])c([C@@](C)(O)C(=O)O)c([2H])c1[2H]. The van der Waals surface area contributed by atoms with Crippen molar-refractivity contribution in [3.63, 3.8) is 0 Å². The van der Waals surface area contributed by atoms with E-state index in [0.29, 0.717) is 0 Å². The maximum absolute atomic E-state index is 10.8. The molecule has 0 saturated carbocycles. The summed E-state index contributed by atoms with van der Waals surface area (Å²) in [5.41, 5.74) is -3.18. The van der Waals surface area contributed by atoms with Crippen LogP contribution in [-0.4, -0.2) is 16.2 Å². The second-order valence-corrected chi connectivity index (χ2v) is 2.38. The third-order valence-electron chi connectivity index (χ3n) is 1.40. The number of carboxylic acids is 1. The Morgan fingerprint density at radius 3 is 2.42 bits per heavy atom. The smallest absolute Gasteiger partial charge is 0.340 e. The fraction of sp³-hybridized carbons (Fsp3) is 0.222. The predicted molar refractivity (Wildman–Crippen MR) is 43.6 cm³/mol. The standard InChI is InChI=1S/C9H10O3/c1-9(12,8(10)11)7-5-3-2-4-6-7/h2-6,12H,1H3,(H,10,11)/t9-/m1/s1/i2D,3D,4D,5D,6D. The van der Waals surface area contributed by atoms with Crippen molar-refractivity contribution in [2.75, 3.05) is 0 Å². The Labute approximate surface area is 77.3 Å². The number of rotatable bonds is 2. The van der Waals surface area contributed by atoms with E-state index in [-0.39, 0.29) is 0 Å². The molecular formula is C9H10O3. The van der Waals surface area contributed by atoms with Crippen molar-refractivity contribution in [2.45, 2.75) is 12.5 Å². The topological polar surface area (TPSA) is 57.5 Å². The molecule has 2 N–H and O–H groups in total. The van der Waals surface area contributed by atoms with Gasteiger partial charge in [-0.05, 0) is 12.5 Å². The highest BCUT2D eigenvalue weighted by molar-refractivity contribution is 5.78. The first kappa shape index (κ1) is 4.05. The van der Waals surface area contributed by atoms with Crippen LogP contribution in [-0.2, 0) is 10.4 Å².